The monoisotopic (exact) mass is 322 g/mol. The minimum absolute atomic E-state index is 0.0549. The molecular formula is C18H18N4O2. The third kappa shape index (κ3) is 3.17. The number of aromatic nitrogens is 2. The van der Waals surface area contributed by atoms with Crippen LogP contribution in [0.1, 0.15) is 16.8 Å². The fourth-order valence-electron chi connectivity index (χ4n) is 2.39. The highest BCUT2D eigenvalue weighted by atomic mass is 16.5. The minimum Gasteiger partial charge on any atom is -0.469 e. The molecule has 0 aliphatic rings. The van der Waals surface area contributed by atoms with Gasteiger partial charge in [0.05, 0.1) is 24.9 Å². The fourth-order valence-corrected chi connectivity index (χ4v) is 2.39. The van der Waals surface area contributed by atoms with E-state index < -0.39 is 0 Å². The molecule has 1 aromatic carbocycles. The second-order valence-electron chi connectivity index (χ2n) is 5.55. The second-order valence-corrected chi connectivity index (χ2v) is 5.55. The van der Waals surface area contributed by atoms with Crippen LogP contribution in [0.4, 0.5) is 11.5 Å². The van der Waals surface area contributed by atoms with Crippen molar-refractivity contribution in [2.24, 2.45) is 10.2 Å². The number of fused-ring (bicyclic) bond motifs is 1. The molecule has 0 bridgehead atoms. The summed E-state index contributed by atoms with van der Waals surface area (Å²) in [5, 5.41) is 8.74. The van der Waals surface area contributed by atoms with Crippen molar-refractivity contribution >= 4 is 23.1 Å². The third-order valence-corrected chi connectivity index (χ3v) is 3.73. The van der Waals surface area contributed by atoms with Gasteiger partial charge < -0.3 is 4.74 Å². The number of carbonyl (C=O) groups is 1. The molecule has 0 aliphatic carbocycles. The predicted molar refractivity (Wildman–Crippen MR) is 91.0 cm³/mol. The smallest absolute Gasteiger partial charge is 0.311 e. The second kappa shape index (κ2) is 6.62. The van der Waals surface area contributed by atoms with E-state index in [1.165, 1.54) is 7.11 Å². The summed E-state index contributed by atoms with van der Waals surface area (Å²) in [5.41, 5.74) is 4.20. The average Bonchev–Trinajstić information content (AvgIpc) is 2.92. The molecule has 0 saturated heterocycles. The Bertz CT molecular complexity index is 928. The number of aryl methyl sites for hydroxylation is 2. The number of nitrogens with zero attached hydrogens (tertiary/aromatic N) is 4. The molecule has 122 valence electrons. The Labute approximate surface area is 139 Å². The normalized spacial score (nSPS) is 11.3. The number of pyridine rings is 1. The molecule has 0 spiro atoms. The number of esters is 1. The number of ether oxygens (including phenoxy) is 1. The number of benzene rings is 1. The SMILES string of the molecule is COC(=O)Cc1nc2ccccn2c1N=Nc1cc(C)ccc1C. The Hall–Kier alpha value is -3.02. The lowest BCUT2D eigenvalue weighted by molar-refractivity contribution is -0.139. The zero-order valence-corrected chi connectivity index (χ0v) is 13.9. The summed E-state index contributed by atoms with van der Waals surface area (Å²) in [4.78, 5) is 16.1. The van der Waals surface area contributed by atoms with Crippen LogP contribution in [0.25, 0.3) is 5.65 Å². The van der Waals surface area contributed by atoms with E-state index in [0.717, 1.165) is 16.8 Å². The zero-order chi connectivity index (χ0) is 17.1. The van der Waals surface area contributed by atoms with Crippen LogP contribution in [-0.4, -0.2) is 22.5 Å². The summed E-state index contributed by atoms with van der Waals surface area (Å²) in [6.07, 6.45) is 1.90. The molecule has 2 aromatic heterocycles. The highest BCUT2D eigenvalue weighted by Crippen LogP contribution is 2.26. The van der Waals surface area contributed by atoms with E-state index >= 15 is 0 Å². The lowest BCUT2D eigenvalue weighted by atomic mass is 10.1. The number of hydrogen-bond acceptors (Lipinski definition) is 5. The van der Waals surface area contributed by atoms with E-state index in [9.17, 15) is 4.79 Å². The average molecular weight is 322 g/mol. The summed E-state index contributed by atoms with van der Waals surface area (Å²) >= 11 is 0. The standard InChI is InChI=1S/C18H18N4O2/c1-12-7-8-13(2)14(10-12)20-21-18-15(11-17(23)24-3)19-16-6-4-5-9-22(16)18/h4-10H,11H2,1-3H3. The molecular weight excluding hydrogens is 304 g/mol. The molecule has 2 heterocycles. The highest BCUT2D eigenvalue weighted by Gasteiger charge is 2.15. The molecule has 0 aliphatic heterocycles. The van der Waals surface area contributed by atoms with Crippen molar-refractivity contribution < 1.29 is 9.53 Å². The molecule has 0 unspecified atom stereocenters. The van der Waals surface area contributed by atoms with E-state index in [2.05, 4.69) is 15.2 Å². The lowest BCUT2D eigenvalue weighted by Crippen LogP contribution is -2.04. The molecule has 0 atom stereocenters. The first-order valence-corrected chi connectivity index (χ1v) is 7.60. The van der Waals surface area contributed by atoms with Crippen LogP contribution in [0, 0.1) is 13.8 Å². The van der Waals surface area contributed by atoms with Crippen molar-refractivity contribution in [2.45, 2.75) is 20.3 Å². The van der Waals surface area contributed by atoms with Gasteiger partial charge in [-0.1, -0.05) is 18.2 Å². The van der Waals surface area contributed by atoms with Gasteiger partial charge in [0.1, 0.15) is 5.65 Å². The quantitative estimate of drug-likeness (QED) is 0.537. The van der Waals surface area contributed by atoms with Gasteiger partial charge in [-0.15, -0.1) is 10.2 Å². The molecule has 0 radical (unpaired) electrons. The maximum atomic E-state index is 11.6. The molecule has 3 rings (SSSR count). The van der Waals surface area contributed by atoms with Crippen LogP contribution in [0.2, 0.25) is 0 Å². The number of azo groups is 1. The van der Waals surface area contributed by atoms with Crippen LogP contribution in [0.5, 0.6) is 0 Å². The lowest BCUT2D eigenvalue weighted by Gasteiger charge is -2.01. The third-order valence-electron chi connectivity index (χ3n) is 3.73. The minimum atomic E-state index is -0.360. The molecule has 6 heteroatoms. The molecule has 0 N–H and O–H groups in total. The first kappa shape index (κ1) is 15.9. The maximum absolute atomic E-state index is 11.6. The zero-order valence-electron chi connectivity index (χ0n) is 13.9. The summed E-state index contributed by atoms with van der Waals surface area (Å²) in [6.45, 7) is 3.99. The number of hydrogen-bond donors (Lipinski definition) is 0. The van der Waals surface area contributed by atoms with E-state index in [1.807, 2.05) is 60.8 Å². The van der Waals surface area contributed by atoms with E-state index in [4.69, 9.17) is 4.74 Å². The predicted octanol–water partition coefficient (Wildman–Crippen LogP) is 4.08. The van der Waals surface area contributed by atoms with Crippen molar-refractivity contribution in [3.8, 4) is 0 Å². The van der Waals surface area contributed by atoms with E-state index in [0.29, 0.717) is 17.2 Å². The molecule has 0 fully saturated rings. The van der Waals surface area contributed by atoms with Gasteiger partial charge in [0.2, 0.25) is 0 Å². The molecule has 0 amide bonds. The van der Waals surface area contributed by atoms with Crippen molar-refractivity contribution in [1.29, 1.82) is 0 Å². The summed E-state index contributed by atoms with van der Waals surface area (Å²) in [7, 11) is 1.36. The van der Waals surface area contributed by atoms with Gasteiger partial charge in [-0.2, -0.15) is 0 Å². The Morgan fingerprint density at radius 2 is 2.04 bits per heavy atom. The summed E-state index contributed by atoms with van der Waals surface area (Å²) < 4.78 is 6.55. The molecule has 24 heavy (non-hydrogen) atoms. The van der Waals surface area contributed by atoms with E-state index in [-0.39, 0.29) is 12.4 Å². The van der Waals surface area contributed by atoms with Crippen LogP contribution in [0.15, 0.2) is 52.8 Å². The molecule has 6 nitrogen and oxygen atoms in total. The number of rotatable bonds is 4. The number of methoxy groups -OCH3 is 1. The van der Waals surface area contributed by atoms with Crippen molar-refractivity contribution in [2.75, 3.05) is 7.11 Å². The highest BCUT2D eigenvalue weighted by molar-refractivity contribution is 5.74. The van der Waals surface area contributed by atoms with Crippen LogP contribution in [0.3, 0.4) is 0 Å². The van der Waals surface area contributed by atoms with E-state index in [1.54, 1.807) is 0 Å². The Morgan fingerprint density at radius 1 is 1.21 bits per heavy atom. The van der Waals surface area contributed by atoms with Crippen LogP contribution >= 0.6 is 0 Å². The van der Waals surface area contributed by atoms with Crippen molar-refractivity contribution in [3.63, 3.8) is 0 Å². The van der Waals surface area contributed by atoms with Gasteiger partial charge in [-0.3, -0.25) is 9.20 Å². The fraction of sp³-hybridized carbons (Fsp3) is 0.222. The van der Waals surface area contributed by atoms with Crippen LogP contribution in [-0.2, 0) is 16.0 Å². The van der Waals surface area contributed by atoms with Gasteiger partial charge in [-0.05, 0) is 43.2 Å². The largest absolute Gasteiger partial charge is 0.469 e. The van der Waals surface area contributed by atoms with Gasteiger partial charge in [-0.25, -0.2) is 4.98 Å². The Morgan fingerprint density at radius 3 is 2.83 bits per heavy atom. The first-order chi connectivity index (χ1) is 11.6. The Balaban J connectivity index is 2.06. The molecule has 0 saturated carbocycles. The topological polar surface area (TPSA) is 68.3 Å². The first-order valence-electron chi connectivity index (χ1n) is 7.60. The number of carbonyl (C=O) groups excluding carboxylic acids is 1. The maximum Gasteiger partial charge on any atom is 0.311 e. The van der Waals surface area contributed by atoms with Gasteiger partial charge in [0.15, 0.2) is 5.82 Å². The van der Waals surface area contributed by atoms with Crippen LogP contribution < -0.4 is 0 Å². The number of imidazole rings is 1. The molecule has 3 aromatic rings. The van der Waals surface area contributed by atoms with Gasteiger partial charge in [0, 0.05) is 6.20 Å². The van der Waals surface area contributed by atoms with Gasteiger partial charge in [0.25, 0.3) is 0 Å². The van der Waals surface area contributed by atoms with Crippen molar-refractivity contribution in [1.82, 2.24) is 9.38 Å². The van der Waals surface area contributed by atoms with Crippen molar-refractivity contribution in [3.05, 3.63) is 59.4 Å². The summed E-state index contributed by atoms with van der Waals surface area (Å²) in [6, 6.07) is 11.6. The summed E-state index contributed by atoms with van der Waals surface area (Å²) in [5.74, 6) is 0.179. The van der Waals surface area contributed by atoms with Gasteiger partial charge >= 0.3 is 5.97 Å². The Kier molecular flexibility index (Phi) is 4.37.